The van der Waals surface area contributed by atoms with Crippen molar-refractivity contribution in [3.8, 4) is 28.3 Å². The van der Waals surface area contributed by atoms with Gasteiger partial charge in [0, 0.05) is 30.5 Å². The number of hydrogen-bond donors (Lipinski definition) is 1. The van der Waals surface area contributed by atoms with E-state index in [4.69, 9.17) is 20.4 Å². The normalized spacial score (nSPS) is 20.4. The second-order valence-electron chi connectivity index (χ2n) is 12.3. The van der Waals surface area contributed by atoms with Gasteiger partial charge in [-0.15, -0.1) is 0 Å². The highest BCUT2D eigenvalue weighted by Crippen LogP contribution is 2.35. The van der Waals surface area contributed by atoms with Gasteiger partial charge in [-0.1, -0.05) is 24.3 Å². The van der Waals surface area contributed by atoms with Crippen LogP contribution in [0.15, 0.2) is 79.0 Å². The minimum atomic E-state index is -0.323. The van der Waals surface area contributed by atoms with E-state index >= 15 is 0 Å². The van der Waals surface area contributed by atoms with E-state index in [1.165, 1.54) is 18.7 Å². The Hall–Kier alpha value is -4.63. The molecular weight excluding hydrogens is 567 g/mol. The molecule has 0 spiro atoms. The maximum atomic E-state index is 14.7. The van der Waals surface area contributed by atoms with Crippen LogP contribution in [0.2, 0.25) is 0 Å². The highest BCUT2D eigenvalue weighted by molar-refractivity contribution is 5.84. The molecular formula is C36H37FN6O2. The van der Waals surface area contributed by atoms with Crippen LogP contribution in [-0.2, 0) is 9.53 Å². The summed E-state index contributed by atoms with van der Waals surface area (Å²) >= 11 is 0. The van der Waals surface area contributed by atoms with Crippen LogP contribution in [-0.4, -0.2) is 57.1 Å². The van der Waals surface area contributed by atoms with Gasteiger partial charge in [0.25, 0.3) is 0 Å². The molecule has 45 heavy (non-hydrogen) atoms. The number of hydrogen-bond acceptors (Lipinski definition) is 7. The SMILES string of the molecule is COC(=O)C1CCC(CN2CC[C@@H](c3ccc(-n4c(-c5cccnc5N)nc5ccc(-c6ccccc6F)nc54)cc3)C2)CC1. The molecule has 2 aliphatic rings. The molecule has 1 atom stereocenters. The highest BCUT2D eigenvalue weighted by Gasteiger charge is 2.31. The van der Waals surface area contributed by atoms with Crippen molar-refractivity contribution in [2.75, 3.05) is 32.5 Å². The molecule has 1 saturated heterocycles. The Morgan fingerprint density at radius 2 is 1.71 bits per heavy atom. The number of likely N-dealkylation sites (tertiary alicyclic amines) is 1. The van der Waals surface area contributed by atoms with Gasteiger partial charge in [-0.3, -0.25) is 9.36 Å². The molecule has 5 aromatic rings. The molecule has 0 bridgehead atoms. The smallest absolute Gasteiger partial charge is 0.308 e. The first-order chi connectivity index (χ1) is 22.0. The number of pyridine rings is 2. The Labute approximate surface area is 262 Å². The molecule has 1 aliphatic carbocycles. The maximum Gasteiger partial charge on any atom is 0.308 e. The standard InChI is InChI=1S/C36H37FN6O2/c1-45-36(44)25-10-8-23(9-11-25)21-42-20-18-26(22-42)24-12-14-27(15-13-24)43-34(29-6-4-19-39-33(29)38)41-32-17-16-31(40-35(32)43)28-5-2-3-7-30(28)37/h2-7,12-17,19,23,25-26H,8-11,18,20-22H2,1H3,(H2,38,39)/t23?,25?,26-/m1/s1. The van der Waals surface area contributed by atoms with Crippen LogP contribution in [0.25, 0.3) is 39.5 Å². The highest BCUT2D eigenvalue weighted by atomic mass is 19.1. The lowest BCUT2D eigenvalue weighted by molar-refractivity contribution is -0.146. The lowest BCUT2D eigenvalue weighted by Crippen LogP contribution is -2.31. The Bertz CT molecular complexity index is 1830. The van der Waals surface area contributed by atoms with E-state index in [1.807, 2.05) is 28.8 Å². The van der Waals surface area contributed by atoms with Crippen molar-refractivity contribution in [2.45, 2.75) is 38.0 Å². The Morgan fingerprint density at radius 3 is 2.47 bits per heavy atom. The third-order valence-corrected chi connectivity index (χ3v) is 9.53. The van der Waals surface area contributed by atoms with E-state index in [9.17, 15) is 9.18 Å². The third-order valence-electron chi connectivity index (χ3n) is 9.53. The van der Waals surface area contributed by atoms with Crippen molar-refractivity contribution in [3.05, 3.63) is 90.4 Å². The van der Waals surface area contributed by atoms with E-state index in [1.54, 1.807) is 24.4 Å². The van der Waals surface area contributed by atoms with Gasteiger partial charge in [-0.25, -0.2) is 19.3 Å². The fourth-order valence-corrected chi connectivity index (χ4v) is 7.09. The van der Waals surface area contributed by atoms with Crippen LogP contribution in [0.4, 0.5) is 10.2 Å². The minimum absolute atomic E-state index is 0.0563. The number of nitrogen functional groups attached to an aromatic ring is 1. The summed E-state index contributed by atoms with van der Waals surface area (Å²) in [5, 5.41) is 0. The fourth-order valence-electron chi connectivity index (χ4n) is 7.09. The van der Waals surface area contributed by atoms with Crippen molar-refractivity contribution < 1.29 is 13.9 Å². The average Bonchev–Trinajstić information content (AvgIpc) is 3.70. The number of ether oxygens (including phenoxy) is 1. The topological polar surface area (TPSA) is 99.2 Å². The first kappa shape index (κ1) is 29.1. The van der Waals surface area contributed by atoms with E-state index in [-0.39, 0.29) is 17.7 Å². The monoisotopic (exact) mass is 604 g/mol. The number of carbonyl (C=O) groups excluding carboxylic acids is 1. The Balaban J connectivity index is 1.15. The summed E-state index contributed by atoms with van der Waals surface area (Å²) in [7, 11) is 1.49. The molecule has 3 aromatic heterocycles. The van der Waals surface area contributed by atoms with Gasteiger partial charge in [0.2, 0.25) is 0 Å². The van der Waals surface area contributed by atoms with Crippen LogP contribution in [0.5, 0.6) is 0 Å². The van der Waals surface area contributed by atoms with Gasteiger partial charge in [-0.05, 0) is 105 Å². The number of anilines is 1. The lowest BCUT2D eigenvalue weighted by Gasteiger charge is -2.30. The number of halogens is 1. The van der Waals surface area contributed by atoms with E-state index in [2.05, 4.69) is 34.1 Å². The van der Waals surface area contributed by atoms with Crippen LogP contribution in [0.3, 0.4) is 0 Å². The zero-order valence-electron chi connectivity index (χ0n) is 25.4. The average molecular weight is 605 g/mol. The predicted molar refractivity (Wildman–Crippen MR) is 173 cm³/mol. The predicted octanol–water partition coefficient (Wildman–Crippen LogP) is 6.64. The number of benzene rings is 2. The number of imidazole rings is 1. The number of rotatable bonds is 7. The molecule has 2 aromatic carbocycles. The molecule has 1 saturated carbocycles. The first-order valence-corrected chi connectivity index (χ1v) is 15.7. The van der Waals surface area contributed by atoms with Crippen LogP contribution in [0.1, 0.15) is 43.6 Å². The van der Waals surface area contributed by atoms with Crippen LogP contribution >= 0.6 is 0 Å². The van der Waals surface area contributed by atoms with Gasteiger partial charge in [-0.2, -0.15) is 0 Å². The number of fused-ring (bicyclic) bond motifs is 1. The zero-order chi connectivity index (χ0) is 30.9. The van der Waals surface area contributed by atoms with Crippen molar-refractivity contribution >= 4 is 23.0 Å². The van der Waals surface area contributed by atoms with Gasteiger partial charge in [0.05, 0.1) is 24.3 Å². The van der Waals surface area contributed by atoms with E-state index < -0.39 is 0 Å². The number of aromatic nitrogens is 4. The molecule has 7 rings (SSSR count). The molecule has 1 aliphatic heterocycles. The first-order valence-electron chi connectivity index (χ1n) is 15.7. The number of carbonyl (C=O) groups is 1. The molecule has 230 valence electrons. The molecule has 2 N–H and O–H groups in total. The maximum absolute atomic E-state index is 14.7. The summed E-state index contributed by atoms with van der Waals surface area (Å²) < 4.78 is 21.7. The quantitative estimate of drug-likeness (QED) is 0.208. The minimum Gasteiger partial charge on any atom is -0.469 e. The van der Waals surface area contributed by atoms with Gasteiger partial charge in [0.1, 0.15) is 17.2 Å². The number of methoxy groups -OCH3 is 1. The van der Waals surface area contributed by atoms with Gasteiger partial charge >= 0.3 is 5.97 Å². The second-order valence-corrected chi connectivity index (χ2v) is 12.3. The van der Waals surface area contributed by atoms with Gasteiger partial charge < -0.3 is 15.4 Å². The van der Waals surface area contributed by atoms with Crippen molar-refractivity contribution in [2.24, 2.45) is 11.8 Å². The molecule has 8 nitrogen and oxygen atoms in total. The summed E-state index contributed by atoms with van der Waals surface area (Å²) in [5.41, 5.74) is 11.5. The molecule has 4 heterocycles. The molecule has 9 heteroatoms. The fraction of sp³-hybridized carbons (Fsp3) is 0.333. The summed E-state index contributed by atoms with van der Waals surface area (Å²) in [6.07, 6.45) is 6.82. The third kappa shape index (κ3) is 5.80. The summed E-state index contributed by atoms with van der Waals surface area (Å²) in [4.78, 5) is 28.6. The summed E-state index contributed by atoms with van der Waals surface area (Å²) in [5.74, 6) is 1.81. The molecule has 0 radical (unpaired) electrons. The zero-order valence-corrected chi connectivity index (χ0v) is 25.4. The number of esters is 1. The number of nitrogens with zero attached hydrogens (tertiary/aromatic N) is 5. The van der Waals surface area contributed by atoms with Crippen LogP contribution < -0.4 is 5.73 Å². The molecule has 0 unspecified atom stereocenters. The van der Waals surface area contributed by atoms with Gasteiger partial charge in [0.15, 0.2) is 11.5 Å². The largest absolute Gasteiger partial charge is 0.469 e. The van der Waals surface area contributed by atoms with Crippen molar-refractivity contribution in [3.63, 3.8) is 0 Å². The lowest BCUT2D eigenvalue weighted by atomic mass is 9.82. The Kier molecular flexibility index (Phi) is 8.02. The van der Waals surface area contributed by atoms with E-state index in [0.29, 0.717) is 51.5 Å². The number of nitrogens with two attached hydrogens (primary N) is 1. The Morgan fingerprint density at radius 1 is 0.933 bits per heavy atom. The second kappa shape index (κ2) is 12.4. The molecule has 0 amide bonds. The molecule has 2 fully saturated rings. The van der Waals surface area contributed by atoms with Crippen LogP contribution in [0, 0.1) is 17.7 Å². The summed E-state index contributed by atoms with van der Waals surface area (Å²) in [6, 6.07) is 22.7. The summed E-state index contributed by atoms with van der Waals surface area (Å²) in [6.45, 7) is 3.22. The van der Waals surface area contributed by atoms with Crippen molar-refractivity contribution in [1.29, 1.82) is 0 Å². The van der Waals surface area contributed by atoms with E-state index in [0.717, 1.165) is 57.4 Å². The van der Waals surface area contributed by atoms with Crippen molar-refractivity contribution in [1.82, 2.24) is 24.4 Å².